The zero-order valence-electron chi connectivity index (χ0n) is 8.90. The van der Waals surface area contributed by atoms with Crippen LogP contribution in [0.4, 0.5) is 0 Å². The molecule has 0 radical (unpaired) electrons. The van der Waals surface area contributed by atoms with E-state index in [1.807, 2.05) is 6.92 Å². The zero-order valence-corrected chi connectivity index (χ0v) is 10.5. The summed E-state index contributed by atoms with van der Waals surface area (Å²) in [7, 11) is 0. The van der Waals surface area contributed by atoms with Crippen LogP contribution in [0.5, 0.6) is 5.75 Å². The molecule has 0 aliphatic rings. The third kappa shape index (κ3) is 3.21. The number of carboxylic acids is 1. The lowest BCUT2D eigenvalue weighted by Gasteiger charge is -2.14. The third-order valence-electron chi connectivity index (χ3n) is 2.38. The minimum atomic E-state index is -0.888. The Hall–Kier alpha value is -1.07. The Balaban J connectivity index is 2.86. The average molecular weight is 288 g/mol. The maximum atomic E-state index is 10.4. The number of nitrogens with two attached hydrogens (primary N) is 1. The van der Waals surface area contributed by atoms with Crippen LogP contribution in [-0.4, -0.2) is 16.2 Å². The van der Waals surface area contributed by atoms with Crippen molar-refractivity contribution in [3.63, 3.8) is 0 Å². The molecule has 0 bridgehead atoms. The van der Waals surface area contributed by atoms with Gasteiger partial charge in [-0.25, -0.2) is 0 Å². The highest BCUT2D eigenvalue weighted by Gasteiger charge is 2.14. The SMILES string of the molecule is Cc1cc(O)c(C(N)CCC(=O)O)cc1Br. The molecule has 88 valence electrons. The van der Waals surface area contributed by atoms with Crippen LogP contribution < -0.4 is 5.73 Å². The van der Waals surface area contributed by atoms with Gasteiger partial charge in [-0.2, -0.15) is 0 Å². The molecule has 1 rings (SSSR count). The topological polar surface area (TPSA) is 83.5 Å². The summed E-state index contributed by atoms with van der Waals surface area (Å²) in [5, 5.41) is 18.3. The molecule has 1 aromatic rings. The molecule has 0 aromatic heterocycles. The van der Waals surface area contributed by atoms with Crippen molar-refractivity contribution in [2.75, 3.05) is 0 Å². The Morgan fingerprint density at radius 2 is 2.19 bits per heavy atom. The first kappa shape index (κ1) is 13.0. The predicted molar refractivity (Wildman–Crippen MR) is 64.3 cm³/mol. The Morgan fingerprint density at radius 3 is 2.75 bits per heavy atom. The highest BCUT2D eigenvalue weighted by molar-refractivity contribution is 9.10. The van der Waals surface area contributed by atoms with Crippen LogP contribution in [0.3, 0.4) is 0 Å². The van der Waals surface area contributed by atoms with Gasteiger partial charge in [0.05, 0.1) is 0 Å². The number of carbonyl (C=O) groups is 1. The van der Waals surface area contributed by atoms with E-state index in [1.165, 1.54) is 0 Å². The molecular formula is C11H14BrNO3. The summed E-state index contributed by atoms with van der Waals surface area (Å²) in [4.78, 5) is 10.4. The minimum Gasteiger partial charge on any atom is -0.508 e. The van der Waals surface area contributed by atoms with Crippen molar-refractivity contribution >= 4 is 21.9 Å². The van der Waals surface area contributed by atoms with Gasteiger partial charge in [-0.3, -0.25) is 4.79 Å². The normalized spacial score (nSPS) is 12.4. The van der Waals surface area contributed by atoms with E-state index >= 15 is 0 Å². The highest BCUT2D eigenvalue weighted by atomic mass is 79.9. The largest absolute Gasteiger partial charge is 0.508 e. The van der Waals surface area contributed by atoms with Crippen LogP contribution >= 0.6 is 15.9 Å². The standard InChI is InChI=1S/C11H14BrNO3/c1-6-4-10(14)7(5-8(6)12)9(13)2-3-11(15)16/h4-5,9,14H,2-3,13H2,1H3,(H,15,16). The molecule has 0 aliphatic carbocycles. The number of carboxylic acid groups (broad SMARTS) is 1. The molecule has 0 saturated carbocycles. The molecule has 0 aliphatic heterocycles. The Morgan fingerprint density at radius 1 is 1.56 bits per heavy atom. The van der Waals surface area contributed by atoms with E-state index in [-0.39, 0.29) is 12.2 Å². The predicted octanol–water partition coefficient (Wildman–Crippen LogP) is 2.33. The van der Waals surface area contributed by atoms with Crippen molar-refractivity contribution in [2.24, 2.45) is 5.73 Å². The lowest BCUT2D eigenvalue weighted by Crippen LogP contribution is -2.12. The van der Waals surface area contributed by atoms with Crippen LogP contribution in [-0.2, 0) is 4.79 Å². The first-order chi connectivity index (χ1) is 7.41. The van der Waals surface area contributed by atoms with Gasteiger partial charge in [0.1, 0.15) is 5.75 Å². The molecule has 1 aromatic carbocycles. The van der Waals surface area contributed by atoms with Crippen LogP contribution in [0.1, 0.15) is 30.0 Å². The number of halogens is 1. The van der Waals surface area contributed by atoms with Crippen LogP contribution in [0.2, 0.25) is 0 Å². The Kier molecular flexibility index (Phi) is 4.32. The van der Waals surface area contributed by atoms with Crippen molar-refractivity contribution in [3.05, 3.63) is 27.7 Å². The summed E-state index contributed by atoms with van der Waals surface area (Å²) in [6.07, 6.45) is 0.296. The number of phenolic OH excluding ortho intramolecular Hbond substituents is 1. The molecule has 1 atom stereocenters. The quantitative estimate of drug-likeness (QED) is 0.794. The van der Waals surface area contributed by atoms with Gasteiger partial charge in [0.15, 0.2) is 0 Å². The first-order valence-corrected chi connectivity index (χ1v) is 5.67. The second-order valence-electron chi connectivity index (χ2n) is 3.70. The fraction of sp³-hybridized carbons (Fsp3) is 0.364. The molecule has 0 fully saturated rings. The van der Waals surface area contributed by atoms with Gasteiger partial charge in [0.25, 0.3) is 0 Å². The average Bonchev–Trinajstić information content (AvgIpc) is 2.20. The van der Waals surface area contributed by atoms with Gasteiger partial charge >= 0.3 is 5.97 Å². The third-order valence-corrected chi connectivity index (χ3v) is 3.23. The van der Waals surface area contributed by atoms with Gasteiger partial charge in [-0.1, -0.05) is 15.9 Å². The summed E-state index contributed by atoms with van der Waals surface area (Å²) < 4.78 is 0.853. The fourth-order valence-corrected chi connectivity index (χ4v) is 1.77. The summed E-state index contributed by atoms with van der Waals surface area (Å²) in [6, 6.07) is 2.88. The summed E-state index contributed by atoms with van der Waals surface area (Å²) in [6.45, 7) is 1.86. The van der Waals surface area contributed by atoms with Gasteiger partial charge < -0.3 is 15.9 Å². The minimum absolute atomic E-state index is 0.00784. The Labute approximate surface area is 102 Å². The van der Waals surface area contributed by atoms with Gasteiger partial charge in [-0.05, 0) is 31.0 Å². The number of aryl methyl sites for hydroxylation is 1. The van der Waals surface area contributed by atoms with E-state index < -0.39 is 12.0 Å². The van der Waals surface area contributed by atoms with Crippen molar-refractivity contribution in [2.45, 2.75) is 25.8 Å². The molecule has 16 heavy (non-hydrogen) atoms. The van der Waals surface area contributed by atoms with Crippen molar-refractivity contribution in [3.8, 4) is 5.75 Å². The number of rotatable bonds is 4. The fourth-order valence-electron chi connectivity index (χ4n) is 1.41. The molecule has 0 heterocycles. The maximum Gasteiger partial charge on any atom is 0.303 e. The van der Waals surface area contributed by atoms with Gasteiger partial charge in [0.2, 0.25) is 0 Å². The van der Waals surface area contributed by atoms with Gasteiger partial charge in [0, 0.05) is 22.5 Å². The number of benzene rings is 1. The molecule has 0 amide bonds. The van der Waals surface area contributed by atoms with E-state index in [2.05, 4.69) is 15.9 Å². The molecule has 5 heteroatoms. The van der Waals surface area contributed by atoms with Crippen molar-refractivity contribution < 1.29 is 15.0 Å². The first-order valence-electron chi connectivity index (χ1n) is 4.88. The monoisotopic (exact) mass is 287 g/mol. The van der Waals surface area contributed by atoms with Crippen LogP contribution in [0, 0.1) is 6.92 Å². The zero-order chi connectivity index (χ0) is 12.3. The lowest BCUT2D eigenvalue weighted by atomic mass is 10.0. The van der Waals surface area contributed by atoms with E-state index in [4.69, 9.17) is 10.8 Å². The molecular weight excluding hydrogens is 274 g/mol. The molecule has 4 N–H and O–H groups in total. The second-order valence-corrected chi connectivity index (χ2v) is 4.55. The molecule has 0 spiro atoms. The van der Waals surface area contributed by atoms with Crippen LogP contribution in [0.15, 0.2) is 16.6 Å². The maximum absolute atomic E-state index is 10.4. The molecule has 0 saturated heterocycles. The molecule has 4 nitrogen and oxygen atoms in total. The summed E-state index contributed by atoms with van der Waals surface area (Å²) in [5.74, 6) is -0.778. The van der Waals surface area contributed by atoms with E-state index in [0.29, 0.717) is 12.0 Å². The Bertz CT molecular complexity index is 406. The number of hydrogen-bond donors (Lipinski definition) is 3. The smallest absolute Gasteiger partial charge is 0.303 e. The van der Waals surface area contributed by atoms with Crippen LogP contribution in [0.25, 0.3) is 0 Å². The van der Waals surface area contributed by atoms with Crippen molar-refractivity contribution in [1.82, 2.24) is 0 Å². The van der Waals surface area contributed by atoms with Crippen molar-refractivity contribution in [1.29, 1.82) is 0 Å². The number of phenols is 1. The summed E-state index contributed by atoms with van der Waals surface area (Å²) >= 11 is 3.35. The number of aromatic hydroxyl groups is 1. The highest BCUT2D eigenvalue weighted by Crippen LogP contribution is 2.31. The second kappa shape index (κ2) is 5.32. The van der Waals surface area contributed by atoms with E-state index in [0.717, 1.165) is 10.0 Å². The molecule has 1 unspecified atom stereocenters. The van der Waals surface area contributed by atoms with E-state index in [1.54, 1.807) is 12.1 Å². The van der Waals surface area contributed by atoms with E-state index in [9.17, 15) is 9.90 Å². The number of aliphatic carboxylic acids is 1. The lowest BCUT2D eigenvalue weighted by molar-refractivity contribution is -0.137. The number of hydrogen-bond acceptors (Lipinski definition) is 3. The summed E-state index contributed by atoms with van der Waals surface area (Å²) in [5.41, 5.74) is 7.30. The van der Waals surface area contributed by atoms with Gasteiger partial charge in [-0.15, -0.1) is 0 Å².